The topological polar surface area (TPSA) is 26.3 Å². The molecule has 0 bridgehead atoms. The molecule has 2 heteroatoms. The number of benzene rings is 1. The van der Waals surface area contributed by atoms with Gasteiger partial charge in [-0.25, -0.2) is 0 Å². The van der Waals surface area contributed by atoms with Crippen molar-refractivity contribution in [1.82, 2.24) is 0 Å². The zero-order valence-corrected chi connectivity index (χ0v) is 8.56. The number of carbonyl (C=O) groups is 1. The van der Waals surface area contributed by atoms with Crippen LogP contribution < -0.4 is 0 Å². The molecular weight excluding hydrogens is 188 g/mol. The molecule has 0 fully saturated rings. The van der Waals surface area contributed by atoms with E-state index in [0.29, 0.717) is 6.61 Å². The second-order valence-electron chi connectivity index (χ2n) is 3.73. The largest absolute Gasteiger partial charge is 0.369 e. The van der Waals surface area contributed by atoms with Crippen LogP contribution in [0.1, 0.15) is 18.4 Å². The van der Waals surface area contributed by atoms with E-state index in [1.807, 2.05) is 36.4 Å². The van der Waals surface area contributed by atoms with Crippen LogP contribution in [0.3, 0.4) is 0 Å². The third-order valence-electron chi connectivity index (χ3n) is 2.58. The number of aldehydes is 1. The van der Waals surface area contributed by atoms with E-state index in [-0.39, 0.29) is 6.10 Å². The lowest BCUT2D eigenvalue weighted by molar-refractivity contribution is -0.105. The van der Waals surface area contributed by atoms with Crippen molar-refractivity contribution in [2.75, 3.05) is 0 Å². The van der Waals surface area contributed by atoms with Crippen LogP contribution in [0, 0.1) is 0 Å². The first-order valence-electron chi connectivity index (χ1n) is 5.20. The van der Waals surface area contributed by atoms with Crippen LogP contribution in [0.25, 0.3) is 0 Å². The second-order valence-corrected chi connectivity index (χ2v) is 3.73. The van der Waals surface area contributed by atoms with Crippen LogP contribution in [-0.2, 0) is 16.1 Å². The van der Waals surface area contributed by atoms with E-state index in [2.05, 4.69) is 0 Å². The van der Waals surface area contributed by atoms with Crippen molar-refractivity contribution in [1.29, 1.82) is 0 Å². The predicted octanol–water partition coefficient (Wildman–Crippen LogP) is 2.49. The summed E-state index contributed by atoms with van der Waals surface area (Å²) < 4.78 is 5.69. The lowest BCUT2D eigenvalue weighted by Gasteiger charge is -2.09. The molecule has 1 aliphatic rings. The highest BCUT2D eigenvalue weighted by atomic mass is 16.5. The Kier molecular flexibility index (Phi) is 3.30. The van der Waals surface area contributed by atoms with Crippen LogP contribution in [-0.4, -0.2) is 12.4 Å². The van der Waals surface area contributed by atoms with Crippen LogP contribution >= 0.6 is 0 Å². The molecule has 0 radical (unpaired) electrons. The van der Waals surface area contributed by atoms with Gasteiger partial charge in [0.25, 0.3) is 0 Å². The van der Waals surface area contributed by atoms with Crippen molar-refractivity contribution >= 4 is 6.29 Å². The molecule has 2 rings (SSSR count). The third-order valence-corrected chi connectivity index (χ3v) is 2.58. The standard InChI is InChI=1S/C13H14O2/c14-9-12-6-7-13(8-12)15-10-11-4-2-1-3-5-11/h1-5,8-9,13H,6-7,10H2. The first kappa shape index (κ1) is 10.1. The molecule has 2 nitrogen and oxygen atoms in total. The summed E-state index contributed by atoms with van der Waals surface area (Å²) in [6.07, 6.45) is 4.75. The highest BCUT2D eigenvalue weighted by Crippen LogP contribution is 2.20. The molecule has 0 amide bonds. The quantitative estimate of drug-likeness (QED) is 0.701. The lowest BCUT2D eigenvalue weighted by atomic mass is 10.2. The van der Waals surface area contributed by atoms with E-state index < -0.39 is 0 Å². The molecule has 15 heavy (non-hydrogen) atoms. The molecule has 1 unspecified atom stereocenters. The zero-order chi connectivity index (χ0) is 10.5. The van der Waals surface area contributed by atoms with Crippen molar-refractivity contribution < 1.29 is 9.53 Å². The summed E-state index contributed by atoms with van der Waals surface area (Å²) in [5.41, 5.74) is 2.04. The smallest absolute Gasteiger partial charge is 0.145 e. The highest BCUT2D eigenvalue weighted by Gasteiger charge is 2.15. The molecule has 0 saturated heterocycles. The van der Waals surface area contributed by atoms with Gasteiger partial charge in [0.2, 0.25) is 0 Å². The second kappa shape index (κ2) is 4.89. The van der Waals surface area contributed by atoms with Crippen molar-refractivity contribution in [3.05, 3.63) is 47.5 Å². The van der Waals surface area contributed by atoms with Crippen LogP contribution in [0.5, 0.6) is 0 Å². The van der Waals surface area contributed by atoms with E-state index in [9.17, 15) is 4.79 Å². The average Bonchev–Trinajstić information content (AvgIpc) is 2.76. The number of rotatable bonds is 4. The molecule has 0 N–H and O–H groups in total. The van der Waals surface area contributed by atoms with Gasteiger partial charge in [-0.3, -0.25) is 4.79 Å². The molecule has 1 aromatic carbocycles. The van der Waals surface area contributed by atoms with Crippen LogP contribution in [0.4, 0.5) is 0 Å². The van der Waals surface area contributed by atoms with Gasteiger partial charge in [0.1, 0.15) is 6.29 Å². The van der Waals surface area contributed by atoms with Crippen molar-refractivity contribution in [2.24, 2.45) is 0 Å². The van der Waals surface area contributed by atoms with Crippen molar-refractivity contribution in [3.8, 4) is 0 Å². The zero-order valence-electron chi connectivity index (χ0n) is 8.56. The number of carbonyl (C=O) groups excluding carboxylic acids is 1. The molecule has 0 heterocycles. The van der Waals surface area contributed by atoms with Crippen LogP contribution in [0.2, 0.25) is 0 Å². The number of ether oxygens (including phenoxy) is 1. The van der Waals surface area contributed by atoms with Gasteiger partial charge in [-0.1, -0.05) is 30.3 Å². The van der Waals surface area contributed by atoms with Crippen LogP contribution in [0.15, 0.2) is 42.0 Å². The summed E-state index contributed by atoms with van der Waals surface area (Å²) >= 11 is 0. The molecular formula is C13H14O2. The average molecular weight is 202 g/mol. The fraction of sp³-hybridized carbons (Fsp3) is 0.308. The Balaban J connectivity index is 1.85. The number of hydrogen-bond donors (Lipinski definition) is 0. The van der Waals surface area contributed by atoms with Gasteiger partial charge in [-0.2, -0.15) is 0 Å². The van der Waals surface area contributed by atoms with Gasteiger partial charge < -0.3 is 4.74 Å². The Morgan fingerprint density at radius 1 is 1.33 bits per heavy atom. The Morgan fingerprint density at radius 3 is 2.80 bits per heavy atom. The molecule has 0 aromatic heterocycles. The van der Waals surface area contributed by atoms with Gasteiger partial charge in [-0.05, 0) is 30.1 Å². The first-order valence-corrected chi connectivity index (χ1v) is 5.20. The van der Waals surface area contributed by atoms with E-state index in [1.165, 1.54) is 5.56 Å². The first-order chi connectivity index (χ1) is 7.38. The maximum Gasteiger partial charge on any atom is 0.145 e. The molecule has 0 spiro atoms. The monoisotopic (exact) mass is 202 g/mol. The summed E-state index contributed by atoms with van der Waals surface area (Å²) in [5, 5.41) is 0. The molecule has 78 valence electrons. The van der Waals surface area contributed by atoms with E-state index in [1.54, 1.807) is 0 Å². The maximum absolute atomic E-state index is 10.5. The minimum absolute atomic E-state index is 0.116. The molecule has 1 aliphatic carbocycles. The van der Waals surface area contributed by atoms with Crippen molar-refractivity contribution in [2.45, 2.75) is 25.6 Å². The summed E-state index contributed by atoms with van der Waals surface area (Å²) in [5.74, 6) is 0. The van der Waals surface area contributed by atoms with Gasteiger partial charge in [-0.15, -0.1) is 0 Å². The van der Waals surface area contributed by atoms with Crippen molar-refractivity contribution in [3.63, 3.8) is 0 Å². The van der Waals surface area contributed by atoms with E-state index in [0.717, 1.165) is 24.7 Å². The number of hydrogen-bond acceptors (Lipinski definition) is 2. The highest BCUT2D eigenvalue weighted by molar-refractivity contribution is 5.74. The molecule has 1 atom stereocenters. The Bertz CT molecular complexity index is 354. The van der Waals surface area contributed by atoms with Gasteiger partial charge >= 0.3 is 0 Å². The maximum atomic E-state index is 10.5. The molecule has 0 aliphatic heterocycles. The van der Waals surface area contributed by atoms with E-state index >= 15 is 0 Å². The normalized spacial score (nSPS) is 20.0. The van der Waals surface area contributed by atoms with Gasteiger partial charge in [0, 0.05) is 0 Å². The predicted molar refractivity (Wildman–Crippen MR) is 58.4 cm³/mol. The fourth-order valence-corrected chi connectivity index (χ4v) is 1.72. The minimum atomic E-state index is 0.116. The SMILES string of the molecule is O=CC1=CC(OCc2ccccc2)CC1. The van der Waals surface area contributed by atoms with E-state index in [4.69, 9.17) is 4.74 Å². The Morgan fingerprint density at radius 2 is 2.13 bits per heavy atom. The molecule has 1 aromatic rings. The third kappa shape index (κ3) is 2.77. The Hall–Kier alpha value is -1.41. The summed E-state index contributed by atoms with van der Waals surface area (Å²) in [7, 11) is 0. The fourth-order valence-electron chi connectivity index (χ4n) is 1.72. The summed E-state index contributed by atoms with van der Waals surface area (Å²) in [6, 6.07) is 10.1. The lowest BCUT2D eigenvalue weighted by Crippen LogP contribution is -2.05. The molecule has 0 saturated carbocycles. The van der Waals surface area contributed by atoms with Gasteiger partial charge in [0.15, 0.2) is 0 Å². The summed E-state index contributed by atoms with van der Waals surface area (Å²) in [6.45, 7) is 0.619. The van der Waals surface area contributed by atoms with Gasteiger partial charge in [0.05, 0.1) is 12.7 Å². The number of allylic oxidation sites excluding steroid dienone is 1. The Labute approximate surface area is 89.6 Å². The minimum Gasteiger partial charge on any atom is -0.369 e. The summed E-state index contributed by atoms with van der Waals surface area (Å²) in [4.78, 5) is 10.5.